The fourth-order valence-corrected chi connectivity index (χ4v) is 0.847. The molecule has 0 spiro atoms. The van der Waals surface area contributed by atoms with Crippen molar-refractivity contribution in [1.82, 2.24) is 9.97 Å². The lowest BCUT2D eigenvalue weighted by atomic mass is 10.4. The summed E-state index contributed by atoms with van der Waals surface area (Å²) in [7, 11) is 0. The molecule has 5 heteroatoms. The minimum atomic E-state index is -0.674. The Labute approximate surface area is 67.0 Å². The van der Waals surface area contributed by atoms with Gasteiger partial charge >= 0.3 is 0 Å². The number of carbonyl (C=O) groups excluding carboxylic acids is 1. The highest BCUT2D eigenvalue weighted by Crippen LogP contribution is 2.12. The Kier molecular flexibility index (Phi) is 2.19. The molecule has 0 aliphatic carbocycles. The lowest BCUT2D eigenvalue weighted by molar-refractivity contribution is 0.107. The predicted octanol–water partition coefficient (Wildman–Crippen LogP) is 1.51. The SMILES string of the molecule is O=C(Cl)c1ncncc1Cl. The molecule has 3 nitrogen and oxygen atoms in total. The van der Waals surface area contributed by atoms with E-state index in [1.165, 1.54) is 12.5 Å². The summed E-state index contributed by atoms with van der Waals surface area (Å²) in [5.74, 6) is 0. The van der Waals surface area contributed by atoms with Crippen molar-refractivity contribution in [3.05, 3.63) is 23.2 Å². The molecule has 0 radical (unpaired) electrons. The van der Waals surface area contributed by atoms with E-state index in [-0.39, 0.29) is 10.7 Å². The summed E-state index contributed by atoms with van der Waals surface area (Å²) in [4.78, 5) is 17.6. The maximum atomic E-state index is 10.5. The zero-order chi connectivity index (χ0) is 7.56. The molecule has 0 aliphatic heterocycles. The van der Waals surface area contributed by atoms with Crippen molar-refractivity contribution in [2.75, 3.05) is 0 Å². The van der Waals surface area contributed by atoms with Gasteiger partial charge in [0.1, 0.15) is 12.0 Å². The molecule has 0 N–H and O–H groups in total. The van der Waals surface area contributed by atoms with Crippen LogP contribution in [0.25, 0.3) is 0 Å². The fourth-order valence-electron chi connectivity index (χ4n) is 0.457. The van der Waals surface area contributed by atoms with Crippen molar-refractivity contribution in [2.24, 2.45) is 0 Å². The summed E-state index contributed by atoms with van der Waals surface area (Å²) in [6, 6.07) is 0. The first-order chi connectivity index (χ1) is 4.72. The van der Waals surface area contributed by atoms with Crippen LogP contribution in [0.2, 0.25) is 5.02 Å². The molecule has 1 aromatic rings. The molecule has 0 aromatic carbocycles. The molecule has 1 rings (SSSR count). The quantitative estimate of drug-likeness (QED) is 0.610. The predicted molar refractivity (Wildman–Crippen MR) is 37.2 cm³/mol. The highest BCUT2D eigenvalue weighted by atomic mass is 35.5. The van der Waals surface area contributed by atoms with Crippen molar-refractivity contribution < 1.29 is 4.79 Å². The van der Waals surface area contributed by atoms with E-state index in [1.807, 2.05) is 0 Å². The number of halogens is 2. The number of hydrogen-bond donors (Lipinski definition) is 0. The van der Waals surface area contributed by atoms with Gasteiger partial charge in [-0.15, -0.1) is 0 Å². The summed E-state index contributed by atoms with van der Waals surface area (Å²) < 4.78 is 0. The maximum absolute atomic E-state index is 10.5. The van der Waals surface area contributed by atoms with Gasteiger partial charge in [0.25, 0.3) is 5.24 Å². The number of nitrogens with zero attached hydrogens (tertiary/aromatic N) is 2. The number of rotatable bonds is 1. The van der Waals surface area contributed by atoms with E-state index < -0.39 is 5.24 Å². The normalized spacial score (nSPS) is 9.40. The Morgan fingerprint density at radius 2 is 2.30 bits per heavy atom. The van der Waals surface area contributed by atoms with Gasteiger partial charge in [-0.05, 0) is 11.6 Å². The van der Waals surface area contributed by atoms with E-state index in [9.17, 15) is 4.79 Å². The molecule has 10 heavy (non-hydrogen) atoms. The standard InChI is InChI=1S/C5H2Cl2N2O/c6-3-1-8-2-9-4(3)5(7)10/h1-2H. The van der Waals surface area contributed by atoms with Crippen LogP contribution in [0.3, 0.4) is 0 Å². The van der Waals surface area contributed by atoms with Gasteiger partial charge in [0.15, 0.2) is 0 Å². The van der Waals surface area contributed by atoms with Crippen LogP contribution in [-0.2, 0) is 0 Å². The van der Waals surface area contributed by atoms with Crippen LogP contribution in [0, 0.1) is 0 Å². The Hall–Kier alpha value is -0.670. The third-order valence-corrected chi connectivity index (χ3v) is 1.31. The molecule has 0 unspecified atom stereocenters. The van der Waals surface area contributed by atoms with E-state index in [4.69, 9.17) is 23.2 Å². The molecule has 0 amide bonds. The Bertz CT molecular complexity index is 264. The van der Waals surface area contributed by atoms with Gasteiger partial charge < -0.3 is 0 Å². The van der Waals surface area contributed by atoms with E-state index in [1.54, 1.807) is 0 Å². The molecule has 1 heterocycles. The van der Waals surface area contributed by atoms with Crippen molar-refractivity contribution in [1.29, 1.82) is 0 Å². The summed E-state index contributed by atoms with van der Waals surface area (Å²) >= 11 is 10.6. The van der Waals surface area contributed by atoms with Crippen LogP contribution < -0.4 is 0 Å². The highest BCUT2D eigenvalue weighted by molar-refractivity contribution is 6.68. The summed E-state index contributed by atoms with van der Waals surface area (Å²) in [5.41, 5.74) is 0.0401. The molecule has 0 saturated heterocycles. The van der Waals surface area contributed by atoms with Crippen molar-refractivity contribution in [2.45, 2.75) is 0 Å². The minimum absolute atomic E-state index is 0.0401. The molecular formula is C5H2Cl2N2O. The van der Waals surface area contributed by atoms with Crippen LogP contribution >= 0.6 is 23.2 Å². The molecule has 0 saturated carbocycles. The zero-order valence-electron chi connectivity index (χ0n) is 4.71. The third kappa shape index (κ3) is 1.43. The van der Waals surface area contributed by atoms with Crippen molar-refractivity contribution in [3.63, 3.8) is 0 Å². The lowest BCUT2D eigenvalue weighted by Gasteiger charge is -1.92. The largest absolute Gasteiger partial charge is 0.274 e. The first-order valence-electron chi connectivity index (χ1n) is 2.37. The monoisotopic (exact) mass is 176 g/mol. The number of aromatic nitrogens is 2. The Morgan fingerprint density at radius 3 is 2.70 bits per heavy atom. The average Bonchev–Trinajstić information content (AvgIpc) is 1.88. The Morgan fingerprint density at radius 1 is 1.60 bits per heavy atom. The van der Waals surface area contributed by atoms with E-state index >= 15 is 0 Å². The average molecular weight is 177 g/mol. The molecule has 1 aromatic heterocycles. The second-order valence-corrected chi connectivity index (χ2v) is 2.24. The summed E-state index contributed by atoms with van der Waals surface area (Å²) in [6.45, 7) is 0. The van der Waals surface area contributed by atoms with Crippen LogP contribution in [0.1, 0.15) is 10.5 Å². The topological polar surface area (TPSA) is 42.9 Å². The molecule has 0 bridgehead atoms. The van der Waals surface area contributed by atoms with Crippen LogP contribution in [-0.4, -0.2) is 15.2 Å². The minimum Gasteiger partial charge on any atom is -0.274 e. The van der Waals surface area contributed by atoms with E-state index in [0.29, 0.717) is 0 Å². The zero-order valence-corrected chi connectivity index (χ0v) is 6.23. The van der Waals surface area contributed by atoms with Gasteiger partial charge in [0.05, 0.1) is 5.02 Å². The number of hydrogen-bond acceptors (Lipinski definition) is 3. The van der Waals surface area contributed by atoms with Gasteiger partial charge in [-0.25, -0.2) is 9.97 Å². The molecular weight excluding hydrogens is 175 g/mol. The third-order valence-electron chi connectivity index (χ3n) is 0.854. The van der Waals surface area contributed by atoms with Gasteiger partial charge in [-0.2, -0.15) is 0 Å². The number of carbonyl (C=O) groups is 1. The van der Waals surface area contributed by atoms with Crippen LogP contribution in [0.4, 0.5) is 0 Å². The summed E-state index contributed by atoms with van der Waals surface area (Å²) in [5, 5.41) is -0.505. The van der Waals surface area contributed by atoms with Gasteiger partial charge in [0, 0.05) is 6.20 Å². The van der Waals surface area contributed by atoms with Gasteiger partial charge in [-0.3, -0.25) is 4.79 Å². The highest BCUT2D eigenvalue weighted by Gasteiger charge is 2.07. The van der Waals surface area contributed by atoms with Gasteiger partial charge in [0.2, 0.25) is 0 Å². The van der Waals surface area contributed by atoms with E-state index in [2.05, 4.69) is 9.97 Å². The maximum Gasteiger partial charge on any atom is 0.272 e. The second kappa shape index (κ2) is 2.94. The van der Waals surface area contributed by atoms with E-state index in [0.717, 1.165) is 0 Å². The fraction of sp³-hybridized carbons (Fsp3) is 0. The first kappa shape index (κ1) is 7.44. The smallest absolute Gasteiger partial charge is 0.272 e. The van der Waals surface area contributed by atoms with Crippen LogP contribution in [0.15, 0.2) is 12.5 Å². The molecule has 0 aliphatic rings. The van der Waals surface area contributed by atoms with Crippen molar-refractivity contribution >= 4 is 28.4 Å². The Balaban J connectivity index is 3.15. The van der Waals surface area contributed by atoms with Crippen molar-refractivity contribution in [3.8, 4) is 0 Å². The molecule has 0 atom stereocenters. The lowest BCUT2D eigenvalue weighted by Crippen LogP contribution is -1.94. The second-order valence-electron chi connectivity index (χ2n) is 1.49. The summed E-state index contributed by atoms with van der Waals surface area (Å²) in [6.07, 6.45) is 2.52. The van der Waals surface area contributed by atoms with Gasteiger partial charge in [-0.1, -0.05) is 11.6 Å². The molecule has 0 fully saturated rings. The first-order valence-corrected chi connectivity index (χ1v) is 3.12. The molecule has 52 valence electrons. The van der Waals surface area contributed by atoms with Crippen LogP contribution in [0.5, 0.6) is 0 Å².